The number of nitrogen functional groups attached to an aromatic ring is 1. The topological polar surface area (TPSA) is 119 Å². The molecule has 0 bridgehead atoms. The van der Waals surface area contributed by atoms with Gasteiger partial charge in [0.05, 0.1) is 4.92 Å². The molecule has 0 spiro atoms. The fourth-order valence-corrected chi connectivity index (χ4v) is 2.22. The van der Waals surface area contributed by atoms with Crippen molar-refractivity contribution < 1.29 is 4.92 Å². The first-order chi connectivity index (χ1) is 8.60. The lowest BCUT2D eigenvalue weighted by Gasteiger charge is -2.13. The van der Waals surface area contributed by atoms with E-state index in [2.05, 4.69) is 27.6 Å². The van der Waals surface area contributed by atoms with Crippen LogP contribution >= 0.6 is 0 Å². The van der Waals surface area contributed by atoms with Gasteiger partial charge in [0, 0.05) is 6.04 Å². The highest BCUT2D eigenvalue weighted by atomic mass is 16.6. The molecule has 0 aromatic carbocycles. The van der Waals surface area contributed by atoms with Crippen molar-refractivity contribution in [3.8, 4) is 0 Å². The summed E-state index contributed by atoms with van der Waals surface area (Å²) in [7, 11) is 0. The highest BCUT2D eigenvalue weighted by Crippen LogP contribution is 2.30. The fourth-order valence-electron chi connectivity index (χ4n) is 2.22. The van der Waals surface area contributed by atoms with E-state index >= 15 is 0 Å². The molecule has 4 N–H and O–H groups in total. The molecule has 1 aliphatic carbocycles. The van der Waals surface area contributed by atoms with Crippen LogP contribution in [0.1, 0.15) is 26.2 Å². The summed E-state index contributed by atoms with van der Waals surface area (Å²) in [6.07, 6.45) is 4.27. The minimum absolute atomic E-state index is 0.131. The summed E-state index contributed by atoms with van der Waals surface area (Å²) in [6.45, 7) is 2.17. The Bertz CT molecular complexity index is 452. The number of anilines is 2. The van der Waals surface area contributed by atoms with Crippen LogP contribution in [0.2, 0.25) is 0 Å². The quantitative estimate of drug-likeness (QED) is 0.419. The van der Waals surface area contributed by atoms with Crippen molar-refractivity contribution in [3.05, 3.63) is 16.3 Å². The lowest BCUT2D eigenvalue weighted by Crippen LogP contribution is -2.19. The standard InChI is InChI=1S/C10H16N6O2/c1-6-2-3-7(4-6)13-9-8(16(17)18)5-12-10(14-9)15-11/h5-7H,2-4,11H2,1H3,(H2,12,13,14,15). The van der Waals surface area contributed by atoms with E-state index in [1.54, 1.807) is 0 Å². The summed E-state index contributed by atoms with van der Waals surface area (Å²) < 4.78 is 0. The van der Waals surface area contributed by atoms with Crippen LogP contribution in [0.15, 0.2) is 6.20 Å². The summed E-state index contributed by atoms with van der Waals surface area (Å²) in [5.41, 5.74) is 2.15. The molecule has 1 heterocycles. The van der Waals surface area contributed by atoms with Crippen molar-refractivity contribution in [1.82, 2.24) is 9.97 Å². The van der Waals surface area contributed by atoms with Crippen LogP contribution in [-0.4, -0.2) is 20.9 Å². The zero-order valence-corrected chi connectivity index (χ0v) is 10.1. The van der Waals surface area contributed by atoms with Crippen LogP contribution < -0.4 is 16.6 Å². The predicted molar refractivity (Wildman–Crippen MR) is 66.9 cm³/mol. The Kier molecular flexibility index (Phi) is 3.56. The van der Waals surface area contributed by atoms with Crippen LogP contribution in [0.25, 0.3) is 0 Å². The summed E-state index contributed by atoms with van der Waals surface area (Å²) in [5.74, 6) is 6.22. The van der Waals surface area contributed by atoms with Crippen LogP contribution in [0.4, 0.5) is 17.5 Å². The molecule has 98 valence electrons. The van der Waals surface area contributed by atoms with Gasteiger partial charge in [-0.3, -0.25) is 15.5 Å². The Morgan fingerprint density at radius 3 is 2.89 bits per heavy atom. The van der Waals surface area contributed by atoms with Gasteiger partial charge in [-0.25, -0.2) is 10.8 Å². The number of nitrogens with one attached hydrogen (secondary N) is 2. The normalized spacial score (nSPS) is 22.8. The molecule has 2 rings (SSSR count). The molecule has 1 aromatic heterocycles. The molecule has 18 heavy (non-hydrogen) atoms. The summed E-state index contributed by atoms with van der Waals surface area (Å²) in [4.78, 5) is 18.1. The molecule has 1 aromatic rings. The van der Waals surface area contributed by atoms with Crippen LogP contribution in [0, 0.1) is 16.0 Å². The number of hydrazine groups is 1. The van der Waals surface area contributed by atoms with Crippen molar-refractivity contribution in [2.45, 2.75) is 32.2 Å². The van der Waals surface area contributed by atoms with Crippen molar-refractivity contribution in [2.24, 2.45) is 11.8 Å². The van der Waals surface area contributed by atoms with Crippen LogP contribution in [-0.2, 0) is 0 Å². The highest BCUT2D eigenvalue weighted by molar-refractivity contribution is 5.57. The average molecular weight is 252 g/mol. The SMILES string of the molecule is CC1CCC(Nc2nc(NN)ncc2[N+](=O)[O-])C1. The minimum Gasteiger partial charge on any atom is -0.361 e. The molecule has 1 saturated carbocycles. The highest BCUT2D eigenvalue weighted by Gasteiger charge is 2.25. The number of hydrogen-bond acceptors (Lipinski definition) is 7. The number of rotatable bonds is 4. The zero-order chi connectivity index (χ0) is 13.1. The maximum atomic E-state index is 10.9. The smallest absolute Gasteiger partial charge is 0.329 e. The average Bonchev–Trinajstić information content (AvgIpc) is 2.74. The zero-order valence-electron chi connectivity index (χ0n) is 10.1. The lowest BCUT2D eigenvalue weighted by atomic mass is 10.1. The molecule has 8 nitrogen and oxygen atoms in total. The first-order valence-electron chi connectivity index (χ1n) is 5.84. The monoisotopic (exact) mass is 252 g/mol. The van der Waals surface area contributed by atoms with Gasteiger partial charge in [0.25, 0.3) is 0 Å². The number of nitrogens with zero attached hydrogens (tertiary/aromatic N) is 3. The Morgan fingerprint density at radius 2 is 2.33 bits per heavy atom. The Balaban J connectivity index is 2.21. The van der Waals surface area contributed by atoms with E-state index in [-0.39, 0.29) is 23.5 Å². The van der Waals surface area contributed by atoms with Crippen LogP contribution in [0.3, 0.4) is 0 Å². The van der Waals surface area contributed by atoms with E-state index in [1.165, 1.54) is 0 Å². The van der Waals surface area contributed by atoms with E-state index in [0.717, 1.165) is 25.5 Å². The molecule has 0 saturated heterocycles. The van der Waals surface area contributed by atoms with Crippen molar-refractivity contribution in [2.75, 3.05) is 10.7 Å². The summed E-state index contributed by atoms with van der Waals surface area (Å²) in [6, 6.07) is 0.222. The Hall–Kier alpha value is -1.96. The molecule has 0 aliphatic heterocycles. The first kappa shape index (κ1) is 12.5. The van der Waals surface area contributed by atoms with Gasteiger partial charge in [0.1, 0.15) is 6.20 Å². The van der Waals surface area contributed by atoms with Crippen molar-refractivity contribution in [1.29, 1.82) is 0 Å². The largest absolute Gasteiger partial charge is 0.361 e. The first-order valence-corrected chi connectivity index (χ1v) is 5.84. The van der Waals surface area contributed by atoms with Gasteiger partial charge < -0.3 is 5.32 Å². The number of hydrogen-bond donors (Lipinski definition) is 3. The molecule has 2 unspecified atom stereocenters. The van der Waals surface area contributed by atoms with Crippen molar-refractivity contribution >= 4 is 17.5 Å². The lowest BCUT2D eigenvalue weighted by molar-refractivity contribution is -0.384. The van der Waals surface area contributed by atoms with E-state index in [0.29, 0.717) is 5.92 Å². The maximum Gasteiger partial charge on any atom is 0.329 e. The Morgan fingerprint density at radius 1 is 1.56 bits per heavy atom. The van der Waals surface area contributed by atoms with E-state index in [4.69, 9.17) is 5.84 Å². The third-order valence-electron chi connectivity index (χ3n) is 3.13. The molecular formula is C10H16N6O2. The maximum absolute atomic E-state index is 10.9. The molecule has 0 amide bonds. The third kappa shape index (κ3) is 2.65. The molecule has 1 fully saturated rings. The minimum atomic E-state index is -0.499. The van der Waals surface area contributed by atoms with Gasteiger partial charge in [-0.1, -0.05) is 6.92 Å². The molecule has 2 atom stereocenters. The summed E-state index contributed by atoms with van der Waals surface area (Å²) >= 11 is 0. The van der Waals surface area contributed by atoms with E-state index in [1.807, 2.05) is 0 Å². The number of nitro groups is 1. The van der Waals surface area contributed by atoms with Gasteiger partial charge in [0.15, 0.2) is 0 Å². The number of nitrogens with two attached hydrogens (primary N) is 1. The van der Waals surface area contributed by atoms with Gasteiger partial charge in [-0.15, -0.1) is 0 Å². The van der Waals surface area contributed by atoms with Crippen LogP contribution in [0.5, 0.6) is 0 Å². The van der Waals surface area contributed by atoms with Gasteiger partial charge in [0.2, 0.25) is 11.8 Å². The van der Waals surface area contributed by atoms with Crippen molar-refractivity contribution in [3.63, 3.8) is 0 Å². The fraction of sp³-hybridized carbons (Fsp3) is 0.600. The van der Waals surface area contributed by atoms with Gasteiger partial charge >= 0.3 is 5.69 Å². The Labute approximate surface area is 104 Å². The molecule has 0 radical (unpaired) electrons. The van der Waals surface area contributed by atoms with Gasteiger partial charge in [-0.2, -0.15) is 4.98 Å². The molecular weight excluding hydrogens is 236 g/mol. The second-order valence-corrected chi connectivity index (χ2v) is 4.59. The summed E-state index contributed by atoms with van der Waals surface area (Å²) in [5, 5.41) is 14.0. The van der Waals surface area contributed by atoms with E-state index in [9.17, 15) is 10.1 Å². The third-order valence-corrected chi connectivity index (χ3v) is 3.13. The second-order valence-electron chi connectivity index (χ2n) is 4.59. The van der Waals surface area contributed by atoms with E-state index < -0.39 is 4.92 Å². The molecule has 8 heteroatoms. The van der Waals surface area contributed by atoms with Gasteiger partial charge in [-0.05, 0) is 25.2 Å². The number of aromatic nitrogens is 2. The predicted octanol–water partition coefficient (Wildman–Crippen LogP) is 1.27. The second kappa shape index (κ2) is 5.13. The molecule has 1 aliphatic rings.